The number of benzene rings is 2. The summed E-state index contributed by atoms with van der Waals surface area (Å²) in [6.07, 6.45) is -4.51. The molecule has 0 saturated heterocycles. The number of methoxy groups -OCH3 is 1. The Balaban J connectivity index is 2.75. The normalized spacial score (nSPS) is 13.4. The van der Waals surface area contributed by atoms with Crippen LogP contribution >= 0.6 is 0 Å². The van der Waals surface area contributed by atoms with Crippen molar-refractivity contribution in [2.45, 2.75) is 20.0 Å². The first kappa shape index (κ1) is 24.6. The van der Waals surface area contributed by atoms with Crippen molar-refractivity contribution >= 4 is 28.8 Å². The summed E-state index contributed by atoms with van der Waals surface area (Å²) in [4.78, 5) is 25.3. The highest BCUT2D eigenvalue weighted by Crippen LogP contribution is 2.34. The van der Waals surface area contributed by atoms with Crippen molar-refractivity contribution in [3.05, 3.63) is 70.8 Å². The molecule has 2 N–H and O–H groups in total. The molecule has 0 aromatic heterocycles. The van der Waals surface area contributed by atoms with Crippen molar-refractivity contribution in [3.8, 4) is 0 Å². The zero-order chi connectivity index (χ0) is 23.9. The largest absolute Gasteiger partial charge is 0.479 e. The predicted octanol–water partition coefficient (Wildman–Crippen LogP) is 4.43. The fraction of sp³-hybridized carbons (Fsp3) is 0.227. The monoisotopic (exact) mass is 449 g/mol. The molecule has 0 heterocycles. The van der Waals surface area contributed by atoms with Gasteiger partial charge in [-0.2, -0.15) is 24.1 Å². The topological polar surface area (TPSA) is 95.5 Å². The number of ether oxygens (including phenoxy) is 1. The van der Waals surface area contributed by atoms with E-state index < -0.39 is 17.6 Å². The lowest BCUT2D eigenvalue weighted by Crippen LogP contribution is -2.21. The lowest BCUT2D eigenvalue weighted by atomic mass is 9.95. The third-order valence-electron chi connectivity index (χ3n) is 4.35. The zero-order valence-electron chi connectivity index (χ0n) is 17.9. The van der Waals surface area contributed by atoms with Gasteiger partial charge in [-0.25, -0.2) is 0 Å². The number of nitrogens with zero attached hydrogens (tertiary/aromatic N) is 2. The van der Waals surface area contributed by atoms with Crippen molar-refractivity contribution in [3.63, 3.8) is 0 Å². The number of rotatable bonds is 6. The van der Waals surface area contributed by atoms with Gasteiger partial charge < -0.3 is 14.4 Å². The van der Waals surface area contributed by atoms with E-state index in [2.05, 4.69) is 10.1 Å². The van der Waals surface area contributed by atoms with Crippen LogP contribution in [0.2, 0.25) is 0 Å². The van der Waals surface area contributed by atoms with Crippen LogP contribution in [0.5, 0.6) is 0 Å². The number of halogens is 3. The highest BCUT2D eigenvalue weighted by molar-refractivity contribution is 6.47. The van der Waals surface area contributed by atoms with Gasteiger partial charge in [0.25, 0.3) is 0 Å². The molecule has 2 aromatic carbocycles. The Morgan fingerprint density at radius 3 is 2.19 bits per heavy atom. The van der Waals surface area contributed by atoms with Gasteiger partial charge in [-0.3, -0.25) is 4.79 Å². The van der Waals surface area contributed by atoms with Crippen LogP contribution in [0.15, 0.2) is 58.7 Å². The summed E-state index contributed by atoms with van der Waals surface area (Å²) in [6, 6.07) is 11.4. The minimum absolute atomic E-state index is 0.0622. The molecule has 0 aliphatic rings. The Bertz CT molecular complexity index is 1080. The molecule has 10 heteroatoms. The lowest BCUT2D eigenvalue weighted by molar-refractivity contribution is -0.137. The van der Waals surface area contributed by atoms with E-state index in [9.17, 15) is 18.0 Å². The molecule has 0 aliphatic heterocycles. The second kappa shape index (κ2) is 10.6. The van der Waals surface area contributed by atoms with Gasteiger partial charge in [-0.15, -0.1) is 0 Å². The third kappa shape index (κ3) is 5.73. The van der Waals surface area contributed by atoms with Gasteiger partial charge >= 0.3 is 6.18 Å². The minimum atomic E-state index is -4.51. The average molecular weight is 449 g/mol. The van der Waals surface area contributed by atoms with Crippen LogP contribution in [-0.2, 0) is 25.4 Å². The maximum absolute atomic E-state index is 13.2. The van der Waals surface area contributed by atoms with Crippen molar-refractivity contribution in [2.75, 3.05) is 14.2 Å². The van der Waals surface area contributed by atoms with Gasteiger partial charge in [-0.05, 0) is 24.6 Å². The van der Waals surface area contributed by atoms with Crippen LogP contribution in [-0.4, -0.2) is 31.7 Å². The Hall–Kier alpha value is -3.66. The van der Waals surface area contributed by atoms with Gasteiger partial charge in [0.15, 0.2) is 11.5 Å². The predicted molar refractivity (Wildman–Crippen MR) is 114 cm³/mol. The van der Waals surface area contributed by atoms with Crippen molar-refractivity contribution in [2.24, 2.45) is 16.0 Å². The first-order chi connectivity index (χ1) is 15.1. The quantitative estimate of drug-likeness (QED) is 0.232. The van der Waals surface area contributed by atoms with Gasteiger partial charge in [0, 0.05) is 23.6 Å². The number of oxime groups is 1. The summed E-state index contributed by atoms with van der Waals surface area (Å²) in [5, 5.41) is 3.92. The lowest BCUT2D eigenvalue weighted by Gasteiger charge is -2.17. The van der Waals surface area contributed by atoms with E-state index in [1.807, 2.05) is 0 Å². The van der Waals surface area contributed by atoms with Gasteiger partial charge in [-0.1, -0.05) is 41.6 Å². The maximum Gasteiger partial charge on any atom is 0.416 e. The number of carbonyl (C=O) groups is 1. The summed E-state index contributed by atoms with van der Waals surface area (Å²) < 4.78 is 44.7. The van der Waals surface area contributed by atoms with E-state index >= 15 is 0 Å². The summed E-state index contributed by atoms with van der Waals surface area (Å²) in [7, 11) is 2.60. The molecule has 2 rings (SSSR count). The molecular weight excluding hydrogens is 427 g/mol. The number of aliphatic imine (C=N–C) groups is 1. The van der Waals surface area contributed by atoms with Crippen molar-refractivity contribution in [1.82, 2.24) is 0 Å². The summed E-state index contributed by atoms with van der Waals surface area (Å²) >= 11 is 0. The Morgan fingerprint density at radius 1 is 1.00 bits per heavy atom. The van der Waals surface area contributed by atoms with Crippen LogP contribution in [0.3, 0.4) is 0 Å². The molecule has 7 nitrogen and oxygen atoms in total. The number of alkyl halides is 3. The van der Waals surface area contributed by atoms with E-state index in [4.69, 9.17) is 20.3 Å². The molecule has 0 saturated carbocycles. The molecular formula is C22H22F3N3O4. The summed E-state index contributed by atoms with van der Waals surface area (Å²) in [6.45, 7) is 2.81. The molecule has 0 fully saturated rings. The number of carbonyl (C=O) groups excluding carboxylic acids is 1. The van der Waals surface area contributed by atoms with E-state index in [-0.39, 0.29) is 22.9 Å². The molecule has 0 bridgehead atoms. The Labute approximate surface area is 182 Å². The van der Waals surface area contributed by atoms with Crippen LogP contribution in [0.25, 0.3) is 11.3 Å². The first-order valence-corrected chi connectivity index (χ1v) is 9.23. The standard InChI is InChI=1S/C22H22F3N3O4/c1-13(15-8-7-9-16(12-15)22(23,24)25)20(32-26)18-11-6-5-10-17(18)19(28-31-4)21(30-3)27-14(2)29/h5-12H,26H2,1-4H3/b20-13+,27-21?,28-19+. The Morgan fingerprint density at radius 2 is 1.66 bits per heavy atom. The molecule has 170 valence electrons. The summed E-state index contributed by atoms with van der Waals surface area (Å²) in [5.74, 6) is 4.96. The highest BCUT2D eigenvalue weighted by atomic mass is 19.4. The van der Waals surface area contributed by atoms with Crippen LogP contribution < -0.4 is 5.90 Å². The maximum atomic E-state index is 13.2. The fourth-order valence-electron chi connectivity index (χ4n) is 2.93. The van der Waals surface area contributed by atoms with E-state index in [1.165, 1.54) is 33.3 Å². The number of nitrogens with two attached hydrogens (primary N) is 1. The second-order valence-electron chi connectivity index (χ2n) is 6.46. The molecule has 1 amide bonds. The van der Waals surface area contributed by atoms with E-state index in [0.29, 0.717) is 16.7 Å². The zero-order valence-corrected chi connectivity index (χ0v) is 17.9. The van der Waals surface area contributed by atoms with Crippen LogP contribution in [0.4, 0.5) is 13.2 Å². The first-order valence-electron chi connectivity index (χ1n) is 9.23. The van der Waals surface area contributed by atoms with Crippen LogP contribution in [0.1, 0.15) is 36.1 Å². The van der Waals surface area contributed by atoms with Gasteiger partial charge in [0.1, 0.15) is 7.11 Å². The molecule has 0 atom stereocenters. The van der Waals surface area contributed by atoms with E-state index in [0.717, 1.165) is 12.1 Å². The smallest absolute Gasteiger partial charge is 0.416 e. The van der Waals surface area contributed by atoms with Crippen molar-refractivity contribution < 1.29 is 32.4 Å². The fourth-order valence-corrected chi connectivity index (χ4v) is 2.93. The van der Waals surface area contributed by atoms with Crippen LogP contribution in [0, 0.1) is 0 Å². The molecule has 32 heavy (non-hydrogen) atoms. The van der Waals surface area contributed by atoms with Crippen molar-refractivity contribution in [1.29, 1.82) is 0 Å². The number of allylic oxidation sites excluding steroid dienone is 1. The molecule has 2 aromatic rings. The number of hydrogen-bond donors (Lipinski definition) is 1. The molecule has 0 radical (unpaired) electrons. The van der Waals surface area contributed by atoms with Gasteiger partial charge in [0.05, 0.1) is 12.7 Å². The third-order valence-corrected chi connectivity index (χ3v) is 4.35. The Kier molecular flexibility index (Phi) is 8.14. The minimum Gasteiger partial charge on any atom is -0.479 e. The number of hydrogen-bond acceptors (Lipinski definition) is 6. The average Bonchev–Trinajstić information content (AvgIpc) is 2.76. The molecule has 0 aliphatic carbocycles. The van der Waals surface area contributed by atoms with E-state index in [1.54, 1.807) is 31.2 Å². The highest BCUT2D eigenvalue weighted by Gasteiger charge is 2.31. The second-order valence-corrected chi connectivity index (χ2v) is 6.46. The number of amides is 1. The SMILES string of the molecule is CO/N=C(/C(=NC(C)=O)OC)c1ccccc1/C(ON)=C(/C)c1cccc(C(F)(F)F)c1. The molecule has 0 spiro atoms. The molecule has 0 unspecified atom stereocenters. The van der Waals surface area contributed by atoms with Gasteiger partial charge in [0.2, 0.25) is 11.8 Å². The summed E-state index contributed by atoms with van der Waals surface area (Å²) in [5.41, 5.74) is 0.579.